The van der Waals surface area contributed by atoms with Crippen molar-refractivity contribution in [3.05, 3.63) is 60.8 Å². The molecule has 0 aromatic rings. The lowest BCUT2D eigenvalue weighted by Gasteiger charge is -2.18. The molecule has 0 saturated heterocycles. The Hall–Kier alpha value is -2.89. The lowest BCUT2D eigenvalue weighted by molar-refractivity contribution is -0.167. The van der Waals surface area contributed by atoms with E-state index in [0.29, 0.717) is 19.3 Å². The maximum absolute atomic E-state index is 12.9. The van der Waals surface area contributed by atoms with E-state index in [0.717, 1.165) is 83.5 Å². The van der Waals surface area contributed by atoms with Crippen LogP contribution in [0, 0.1) is 0 Å². The van der Waals surface area contributed by atoms with Gasteiger partial charge in [0, 0.05) is 19.3 Å². The molecule has 0 rings (SSSR count). The molecule has 0 saturated carbocycles. The van der Waals surface area contributed by atoms with Crippen molar-refractivity contribution in [1.29, 1.82) is 0 Å². The Morgan fingerprint density at radius 2 is 0.444 bits per heavy atom. The van der Waals surface area contributed by atoms with Gasteiger partial charge in [0.15, 0.2) is 6.10 Å². The molecule has 0 aromatic carbocycles. The van der Waals surface area contributed by atoms with Crippen LogP contribution < -0.4 is 0 Å². The Morgan fingerprint density at radius 1 is 0.247 bits per heavy atom. The van der Waals surface area contributed by atoms with Gasteiger partial charge in [0.1, 0.15) is 13.2 Å². The van der Waals surface area contributed by atoms with Crippen LogP contribution in [0.25, 0.3) is 0 Å². The van der Waals surface area contributed by atoms with Gasteiger partial charge in [-0.25, -0.2) is 0 Å². The van der Waals surface area contributed by atoms with Crippen LogP contribution in [-0.2, 0) is 28.6 Å². The maximum Gasteiger partial charge on any atom is 0.306 e. The number of ether oxygens (including phenoxy) is 3. The Labute approximate surface area is 504 Å². The van der Waals surface area contributed by atoms with Crippen molar-refractivity contribution in [3.63, 3.8) is 0 Å². The summed E-state index contributed by atoms with van der Waals surface area (Å²) in [6.45, 7) is 6.59. The molecule has 0 aliphatic carbocycles. The SMILES string of the molecule is CCCCCCC/C=C\C/C=C\C/C=C\CCCCCCCCCCCCCCC(=O)OC(COC(=O)CCCCCCC)COC(=O)CCCCCCCCCCCCCCCCCCCCC/C=C\C/C=C\CCCCCCC. The van der Waals surface area contributed by atoms with Crippen molar-refractivity contribution in [2.75, 3.05) is 13.2 Å². The van der Waals surface area contributed by atoms with Gasteiger partial charge in [-0.2, -0.15) is 0 Å². The largest absolute Gasteiger partial charge is 0.462 e. The zero-order valence-corrected chi connectivity index (χ0v) is 54.3. The van der Waals surface area contributed by atoms with Gasteiger partial charge in [-0.15, -0.1) is 0 Å². The molecule has 1 unspecified atom stereocenters. The van der Waals surface area contributed by atoms with Gasteiger partial charge in [-0.1, -0.05) is 332 Å². The number of carbonyl (C=O) groups excluding carboxylic acids is 3. The minimum absolute atomic E-state index is 0.0709. The molecule has 0 radical (unpaired) electrons. The summed E-state index contributed by atoms with van der Waals surface area (Å²) in [7, 11) is 0. The number of hydrogen-bond donors (Lipinski definition) is 0. The van der Waals surface area contributed by atoms with Gasteiger partial charge in [0.05, 0.1) is 0 Å². The first kappa shape index (κ1) is 78.1. The highest BCUT2D eigenvalue weighted by Crippen LogP contribution is 2.18. The van der Waals surface area contributed by atoms with Gasteiger partial charge in [-0.3, -0.25) is 14.4 Å². The molecule has 0 spiro atoms. The van der Waals surface area contributed by atoms with E-state index in [9.17, 15) is 14.4 Å². The van der Waals surface area contributed by atoms with Crippen LogP contribution in [0.3, 0.4) is 0 Å². The van der Waals surface area contributed by atoms with E-state index in [1.165, 1.54) is 257 Å². The Bertz CT molecular complexity index is 1440. The third kappa shape index (κ3) is 67.8. The summed E-state index contributed by atoms with van der Waals surface area (Å²) < 4.78 is 16.8. The third-order valence-corrected chi connectivity index (χ3v) is 16.0. The highest BCUT2D eigenvalue weighted by molar-refractivity contribution is 5.71. The third-order valence-electron chi connectivity index (χ3n) is 16.0. The smallest absolute Gasteiger partial charge is 0.306 e. The second-order valence-electron chi connectivity index (χ2n) is 24.1. The second kappa shape index (κ2) is 69.6. The molecule has 0 bridgehead atoms. The Morgan fingerprint density at radius 3 is 0.691 bits per heavy atom. The molecule has 472 valence electrons. The molecule has 6 nitrogen and oxygen atoms in total. The van der Waals surface area contributed by atoms with Crippen molar-refractivity contribution in [2.24, 2.45) is 0 Å². The predicted molar refractivity (Wildman–Crippen MR) is 353 cm³/mol. The van der Waals surface area contributed by atoms with Crippen molar-refractivity contribution in [1.82, 2.24) is 0 Å². The highest BCUT2D eigenvalue weighted by atomic mass is 16.6. The van der Waals surface area contributed by atoms with E-state index in [-0.39, 0.29) is 31.1 Å². The Kier molecular flexibility index (Phi) is 67.1. The number of rotatable bonds is 66. The molecule has 0 amide bonds. The molecule has 6 heteroatoms. The summed E-state index contributed by atoms with van der Waals surface area (Å²) in [5.74, 6) is -0.867. The van der Waals surface area contributed by atoms with Crippen LogP contribution in [-0.4, -0.2) is 37.2 Å². The summed E-state index contributed by atoms with van der Waals surface area (Å²) in [6, 6.07) is 0. The standard InChI is InChI=1S/C75H136O6/c1-4-7-10-13-15-17-19-21-23-25-27-29-31-33-35-36-37-38-40-41-43-45-47-49-51-53-55-57-59-62-65-68-74(77)80-71-72(70-79-73(76)67-64-61-12-9-6-3)81-75(78)69-66-63-60-58-56-54-52-50-48-46-44-42-39-34-32-30-28-26-24-22-20-18-16-14-11-8-5-2/h19-22,25-28,32,34,72H,4-18,23-24,29-31,33,35-71H2,1-3H3/b21-19-,22-20-,27-25-,28-26-,34-32-. The van der Waals surface area contributed by atoms with Crippen LogP contribution in [0.4, 0.5) is 0 Å². The lowest BCUT2D eigenvalue weighted by atomic mass is 10.0. The molecule has 0 aliphatic rings. The molecule has 0 aromatic heterocycles. The van der Waals surface area contributed by atoms with Crippen LogP contribution in [0.5, 0.6) is 0 Å². The average molecular weight is 1130 g/mol. The quantitative estimate of drug-likeness (QED) is 0.0261. The molecule has 0 N–H and O–H groups in total. The van der Waals surface area contributed by atoms with Gasteiger partial charge in [0.2, 0.25) is 0 Å². The molecule has 0 heterocycles. The summed E-state index contributed by atoms with van der Waals surface area (Å²) in [6.07, 6.45) is 90.3. The molecule has 1 atom stereocenters. The minimum atomic E-state index is -0.771. The molecular formula is C75H136O6. The predicted octanol–water partition coefficient (Wildman–Crippen LogP) is 24.7. The first-order valence-electron chi connectivity index (χ1n) is 35.8. The molecule has 0 aliphatic heterocycles. The van der Waals surface area contributed by atoms with Crippen LogP contribution in [0.1, 0.15) is 380 Å². The summed E-state index contributed by atoms with van der Waals surface area (Å²) >= 11 is 0. The average Bonchev–Trinajstić information content (AvgIpc) is 3.47. The summed E-state index contributed by atoms with van der Waals surface area (Å²) in [4.78, 5) is 38.0. The van der Waals surface area contributed by atoms with E-state index in [2.05, 4.69) is 81.5 Å². The first-order valence-corrected chi connectivity index (χ1v) is 35.8. The van der Waals surface area contributed by atoms with E-state index in [1.54, 1.807) is 0 Å². The number of carbonyl (C=O) groups is 3. The fourth-order valence-electron chi connectivity index (χ4n) is 10.6. The fraction of sp³-hybridized carbons (Fsp3) is 0.827. The highest BCUT2D eigenvalue weighted by Gasteiger charge is 2.19. The van der Waals surface area contributed by atoms with Crippen molar-refractivity contribution in [2.45, 2.75) is 386 Å². The fourth-order valence-corrected chi connectivity index (χ4v) is 10.6. The number of unbranched alkanes of at least 4 members (excludes halogenated alkanes) is 45. The van der Waals surface area contributed by atoms with Crippen molar-refractivity contribution in [3.8, 4) is 0 Å². The topological polar surface area (TPSA) is 78.9 Å². The normalized spacial score (nSPS) is 12.4. The van der Waals surface area contributed by atoms with Crippen LogP contribution in [0.15, 0.2) is 60.8 Å². The number of esters is 3. The van der Waals surface area contributed by atoms with Gasteiger partial charge in [0.25, 0.3) is 0 Å². The van der Waals surface area contributed by atoms with Crippen LogP contribution >= 0.6 is 0 Å². The van der Waals surface area contributed by atoms with Gasteiger partial charge < -0.3 is 14.2 Å². The number of hydrogen-bond acceptors (Lipinski definition) is 6. The Balaban J connectivity index is 3.94. The number of allylic oxidation sites excluding steroid dienone is 10. The first-order chi connectivity index (χ1) is 40.0. The van der Waals surface area contributed by atoms with Crippen molar-refractivity contribution < 1.29 is 28.6 Å². The second-order valence-corrected chi connectivity index (χ2v) is 24.1. The van der Waals surface area contributed by atoms with E-state index in [4.69, 9.17) is 14.2 Å². The van der Waals surface area contributed by atoms with E-state index in [1.807, 2.05) is 0 Å². The summed E-state index contributed by atoms with van der Waals surface area (Å²) in [5.41, 5.74) is 0. The lowest BCUT2D eigenvalue weighted by Crippen LogP contribution is -2.30. The van der Waals surface area contributed by atoms with Gasteiger partial charge in [-0.05, 0) is 89.9 Å². The molecular weight excluding hydrogens is 997 g/mol. The van der Waals surface area contributed by atoms with E-state index < -0.39 is 6.10 Å². The molecule has 0 fully saturated rings. The summed E-state index contributed by atoms with van der Waals surface area (Å²) in [5, 5.41) is 0. The van der Waals surface area contributed by atoms with E-state index >= 15 is 0 Å². The van der Waals surface area contributed by atoms with Gasteiger partial charge >= 0.3 is 17.9 Å². The van der Waals surface area contributed by atoms with Crippen molar-refractivity contribution >= 4 is 17.9 Å². The maximum atomic E-state index is 12.9. The molecule has 81 heavy (non-hydrogen) atoms. The minimum Gasteiger partial charge on any atom is -0.462 e. The monoisotopic (exact) mass is 1130 g/mol. The zero-order valence-electron chi connectivity index (χ0n) is 54.3. The zero-order chi connectivity index (χ0) is 58.5. The van der Waals surface area contributed by atoms with Crippen LogP contribution in [0.2, 0.25) is 0 Å².